The van der Waals surface area contributed by atoms with Crippen LogP contribution in [0.25, 0.3) is 5.65 Å². The minimum atomic E-state index is -1.18. The number of imidazole rings is 1. The number of hydrogen-bond acceptors (Lipinski definition) is 4. The normalized spacial score (nSPS) is 23.8. The van der Waals surface area contributed by atoms with Crippen LogP contribution in [-0.2, 0) is 4.79 Å². The van der Waals surface area contributed by atoms with Crippen LogP contribution < -0.4 is 10.6 Å². The Bertz CT molecular complexity index is 1180. The molecule has 1 saturated heterocycles. The molecule has 10 heteroatoms. The highest BCUT2D eigenvalue weighted by Crippen LogP contribution is 2.56. The summed E-state index contributed by atoms with van der Waals surface area (Å²) in [6.07, 6.45) is 3.54. The summed E-state index contributed by atoms with van der Waals surface area (Å²) >= 11 is 0. The first-order valence-corrected chi connectivity index (χ1v) is 9.00. The molecule has 3 aromatic rings. The molecule has 0 spiro atoms. The molecule has 1 aliphatic carbocycles. The van der Waals surface area contributed by atoms with Crippen molar-refractivity contribution in [1.82, 2.24) is 25.2 Å². The van der Waals surface area contributed by atoms with E-state index in [9.17, 15) is 22.8 Å². The Hall–Kier alpha value is -3.43. The molecule has 29 heavy (non-hydrogen) atoms. The molecule has 3 heterocycles. The van der Waals surface area contributed by atoms with Crippen LogP contribution in [0.15, 0.2) is 30.6 Å². The number of urea groups is 1. The predicted molar refractivity (Wildman–Crippen MR) is 93.7 cm³/mol. The molecule has 2 aliphatic rings. The van der Waals surface area contributed by atoms with Crippen molar-refractivity contribution in [1.29, 1.82) is 0 Å². The predicted octanol–water partition coefficient (Wildman–Crippen LogP) is 2.34. The second kappa shape index (κ2) is 6.29. The smallest absolute Gasteiger partial charge is 0.321 e. The lowest BCUT2D eigenvalue weighted by Crippen LogP contribution is -2.51. The standard InChI is InChI=1S/C19H14F3N5O2/c20-12-1-2-13(21)16(22)15(12)9-5-8(9)10-6-14(26-27-4-3-23-17(10)27)11-7-24-19(29)25-18(11)28/h1-4,6,8-9,11H,5,7H2,(H2,24,25,28,29)/t8-,9-,11?/m0/s1. The Balaban J connectivity index is 1.55. The van der Waals surface area contributed by atoms with Gasteiger partial charge in [-0.3, -0.25) is 10.1 Å². The third kappa shape index (κ3) is 2.82. The van der Waals surface area contributed by atoms with Crippen LogP contribution in [0.3, 0.4) is 0 Å². The molecule has 7 nitrogen and oxygen atoms in total. The summed E-state index contributed by atoms with van der Waals surface area (Å²) in [5.41, 5.74) is 1.28. The van der Waals surface area contributed by atoms with Gasteiger partial charge in [-0.15, -0.1) is 0 Å². The van der Waals surface area contributed by atoms with Gasteiger partial charge in [-0.25, -0.2) is 27.5 Å². The highest BCUT2D eigenvalue weighted by atomic mass is 19.2. The van der Waals surface area contributed by atoms with E-state index in [1.807, 2.05) is 0 Å². The lowest BCUT2D eigenvalue weighted by Gasteiger charge is -2.22. The van der Waals surface area contributed by atoms with Gasteiger partial charge in [-0.1, -0.05) is 0 Å². The number of imide groups is 1. The Kier molecular flexibility index (Phi) is 3.83. The Morgan fingerprint density at radius 3 is 2.69 bits per heavy atom. The number of aromatic nitrogens is 3. The van der Waals surface area contributed by atoms with Gasteiger partial charge >= 0.3 is 6.03 Å². The van der Waals surface area contributed by atoms with Gasteiger partial charge in [0.1, 0.15) is 5.82 Å². The first kappa shape index (κ1) is 17.7. The summed E-state index contributed by atoms with van der Waals surface area (Å²) in [5.74, 6) is -5.10. The summed E-state index contributed by atoms with van der Waals surface area (Å²) in [7, 11) is 0. The molecule has 2 aromatic heterocycles. The molecule has 1 unspecified atom stereocenters. The van der Waals surface area contributed by atoms with Crippen molar-refractivity contribution in [3.05, 3.63) is 64.9 Å². The van der Waals surface area contributed by atoms with Crippen molar-refractivity contribution in [2.24, 2.45) is 0 Å². The van der Waals surface area contributed by atoms with Crippen LogP contribution in [0.4, 0.5) is 18.0 Å². The molecule has 1 aliphatic heterocycles. The van der Waals surface area contributed by atoms with E-state index in [-0.39, 0.29) is 18.0 Å². The first-order chi connectivity index (χ1) is 13.9. The summed E-state index contributed by atoms with van der Waals surface area (Å²) in [5, 5.41) is 9.13. The van der Waals surface area contributed by atoms with E-state index in [0.29, 0.717) is 23.3 Å². The van der Waals surface area contributed by atoms with Gasteiger partial charge in [0.2, 0.25) is 5.91 Å². The highest BCUT2D eigenvalue weighted by molar-refractivity contribution is 6.00. The number of carbonyl (C=O) groups is 2. The molecular weight excluding hydrogens is 387 g/mol. The number of carbonyl (C=O) groups excluding carboxylic acids is 2. The Labute approximate surface area is 161 Å². The van der Waals surface area contributed by atoms with Gasteiger partial charge in [-0.05, 0) is 36.5 Å². The summed E-state index contributed by atoms with van der Waals surface area (Å²) in [4.78, 5) is 27.8. The van der Waals surface area contributed by atoms with Crippen molar-refractivity contribution in [2.45, 2.75) is 24.2 Å². The van der Waals surface area contributed by atoms with Crippen LogP contribution in [0.5, 0.6) is 0 Å². The summed E-state index contributed by atoms with van der Waals surface area (Å²) in [6.45, 7) is 0.0819. The van der Waals surface area contributed by atoms with Gasteiger partial charge in [0.25, 0.3) is 0 Å². The molecule has 0 radical (unpaired) electrons. The number of rotatable bonds is 3. The Morgan fingerprint density at radius 2 is 1.90 bits per heavy atom. The number of amides is 3. The molecule has 1 saturated carbocycles. The monoisotopic (exact) mass is 401 g/mol. The van der Waals surface area contributed by atoms with Crippen LogP contribution >= 0.6 is 0 Å². The maximum Gasteiger partial charge on any atom is 0.321 e. The highest BCUT2D eigenvalue weighted by Gasteiger charge is 2.45. The maximum atomic E-state index is 14.2. The van der Waals surface area contributed by atoms with E-state index in [0.717, 1.165) is 12.1 Å². The molecule has 2 fully saturated rings. The zero-order valence-electron chi connectivity index (χ0n) is 14.8. The van der Waals surface area contributed by atoms with Crippen LogP contribution in [0.2, 0.25) is 0 Å². The van der Waals surface area contributed by atoms with Crippen molar-refractivity contribution >= 4 is 17.6 Å². The van der Waals surface area contributed by atoms with E-state index < -0.39 is 41.2 Å². The van der Waals surface area contributed by atoms with Crippen molar-refractivity contribution in [3.63, 3.8) is 0 Å². The maximum absolute atomic E-state index is 14.2. The second-order valence-corrected chi connectivity index (χ2v) is 7.18. The second-order valence-electron chi connectivity index (χ2n) is 7.18. The molecule has 1 aromatic carbocycles. The minimum absolute atomic E-state index is 0.0819. The summed E-state index contributed by atoms with van der Waals surface area (Å²) < 4.78 is 43.5. The van der Waals surface area contributed by atoms with Gasteiger partial charge in [0, 0.05) is 30.1 Å². The lowest BCUT2D eigenvalue weighted by molar-refractivity contribution is -0.122. The number of nitrogens with zero attached hydrogens (tertiary/aromatic N) is 3. The van der Waals surface area contributed by atoms with E-state index >= 15 is 0 Å². The fraction of sp³-hybridized carbons (Fsp3) is 0.263. The van der Waals surface area contributed by atoms with Gasteiger partial charge < -0.3 is 5.32 Å². The fourth-order valence-electron chi connectivity index (χ4n) is 3.91. The SMILES string of the molecule is O=C1NCC(c2cc([C@H]3C[C@@H]3c3c(F)ccc(F)c3F)c3nccn3n2)C(=O)N1. The van der Waals surface area contributed by atoms with Gasteiger partial charge in [-0.2, -0.15) is 5.10 Å². The quantitative estimate of drug-likeness (QED) is 0.660. The van der Waals surface area contributed by atoms with Crippen LogP contribution in [-0.4, -0.2) is 33.1 Å². The van der Waals surface area contributed by atoms with Crippen LogP contribution in [0.1, 0.15) is 41.0 Å². The topological polar surface area (TPSA) is 88.4 Å². The number of benzene rings is 1. The van der Waals surface area contributed by atoms with Crippen molar-refractivity contribution < 1.29 is 22.8 Å². The lowest BCUT2D eigenvalue weighted by atomic mass is 9.98. The van der Waals surface area contributed by atoms with Crippen molar-refractivity contribution in [2.75, 3.05) is 6.54 Å². The zero-order valence-corrected chi connectivity index (χ0v) is 14.8. The average molecular weight is 401 g/mol. The third-order valence-corrected chi connectivity index (χ3v) is 5.42. The molecule has 3 atom stereocenters. The zero-order chi connectivity index (χ0) is 20.3. The molecular formula is C19H14F3N5O2. The van der Waals surface area contributed by atoms with Crippen molar-refractivity contribution in [3.8, 4) is 0 Å². The number of hydrogen-bond donors (Lipinski definition) is 2. The molecule has 0 bridgehead atoms. The molecule has 5 rings (SSSR count). The number of halogens is 3. The average Bonchev–Trinajstić information content (AvgIpc) is 3.30. The fourth-order valence-corrected chi connectivity index (χ4v) is 3.91. The van der Waals surface area contributed by atoms with Crippen LogP contribution in [0, 0.1) is 17.5 Å². The van der Waals surface area contributed by atoms with Gasteiger partial charge in [0.05, 0.1) is 11.6 Å². The first-order valence-electron chi connectivity index (χ1n) is 9.00. The molecule has 2 N–H and O–H groups in total. The van der Waals surface area contributed by atoms with E-state index in [4.69, 9.17) is 0 Å². The van der Waals surface area contributed by atoms with E-state index in [1.54, 1.807) is 12.3 Å². The van der Waals surface area contributed by atoms with E-state index in [2.05, 4.69) is 20.7 Å². The number of fused-ring (bicyclic) bond motifs is 1. The molecule has 3 amide bonds. The number of nitrogens with one attached hydrogen (secondary N) is 2. The molecule has 148 valence electrons. The Morgan fingerprint density at radius 1 is 1.10 bits per heavy atom. The van der Waals surface area contributed by atoms with Gasteiger partial charge in [0.15, 0.2) is 17.3 Å². The van der Waals surface area contributed by atoms with E-state index in [1.165, 1.54) is 10.7 Å². The minimum Gasteiger partial charge on any atom is -0.337 e. The largest absolute Gasteiger partial charge is 0.337 e. The summed E-state index contributed by atoms with van der Waals surface area (Å²) in [6, 6.07) is 2.78. The third-order valence-electron chi connectivity index (χ3n) is 5.42.